The second-order valence-electron chi connectivity index (χ2n) is 5.46. The molecule has 0 saturated heterocycles. The normalized spacial score (nSPS) is 12.5. The van der Waals surface area contributed by atoms with Gasteiger partial charge in [-0.05, 0) is 55.2 Å². The lowest BCUT2D eigenvalue weighted by atomic mass is 10.0. The van der Waals surface area contributed by atoms with Crippen molar-refractivity contribution in [3.05, 3.63) is 50.7 Å². The van der Waals surface area contributed by atoms with Crippen LogP contribution >= 0.6 is 22.9 Å². The number of benzene rings is 1. The van der Waals surface area contributed by atoms with Crippen molar-refractivity contribution < 1.29 is 9.53 Å². The topological polar surface area (TPSA) is 26.3 Å². The van der Waals surface area contributed by atoms with Crippen LogP contribution in [0.3, 0.4) is 0 Å². The molecule has 1 aromatic heterocycles. The van der Waals surface area contributed by atoms with Gasteiger partial charge in [0.05, 0.1) is 9.21 Å². The van der Waals surface area contributed by atoms with E-state index in [-0.39, 0.29) is 5.78 Å². The van der Waals surface area contributed by atoms with Gasteiger partial charge in [-0.3, -0.25) is 4.79 Å². The summed E-state index contributed by atoms with van der Waals surface area (Å²) in [7, 11) is 0. The Bertz CT molecular complexity index is 646. The maximum Gasteiger partial charge on any atom is 0.212 e. The molecule has 0 aliphatic heterocycles. The standard InChI is InChI=1S/C17H19ClO2S/c1-10(2)13-7-11(3)8-14(9-13)20-12(4)17(19)15-5-6-16(18)21-15/h5-10,12H,1-4H3. The van der Waals surface area contributed by atoms with Gasteiger partial charge in [0, 0.05) is 0 Å². The summed E-state index contributed by atoms with van der Waals surface area (Å²) in [5.74, 6) is 1.12. The van der Waals surface area contributed by atoms with Crippen molar-refractivity contribution in [2.45, 2.75) is 39.7 Å². The van der Waals surface area contributed by atoms with Crippen LogP contribution in [0, 0.1) is 6.92 Å². The number of ketones is 1. The Hall–Kier alpha value is -1.32. The maximum absolute atomic E-state index is 12.3. The monoisotopic (exact) mass is 322 g/mol. The number of rotatable bonds is 5. The van der Waals surface area contributed by atoms with Gasteiger partial charge >= 0.3 is 0 Å². The fourth-order valence-electron chi connectivity index (χ4n) is 2.08. The third kappa shape index (κ3) is 4.08. The van der Waals surface area contributed by atoms with Gasteiger partial charge in [0.2, 0.25) is 5.78 Å². The summed E-state index contributed by atoms with van der Waals surface area (Å²) in [6.07, 6.45) is -0.526. The Labute approximate surface area is 134 Å². The Balaban J connectivity index is 2.15. The van der Waals surface area contributed by atoms with E-state index in [0.717, 1.165) is 11.3 Å². The first-order valence-electron chi connectivity index (χ1n) is 6.94. The summed E-state index contributed by atoms with van der Waals surface area (Å²) in [6, 6.07) is 9.57. The number of carbonyl (C=O) groups excluding carboxylic acids is 1. The average Bonchev–Trinajstić information content (AvgIpc) is 2.83. The van der Waals surface area contributed by atoms with Crippen molar-refractivity contribution in [1.29, 1.82) is 0 Å². The lowest BCUT2D eigenvalue weighted by molar-refractivity contribution is 0.0822. The molecule has 0 spiro atoms. The van der Waals surface area contributed by atoms with Crippen LogP contribution in [0.5, 0.6) is 5.75 Å². The average molecular weight is 323 g/mol. The Morgan fingerprint density at radius 3 is 2.48 bits per heavy atom. The number of hydrogen-bond donors (Lipinski definition) is 0. The second kappa shape index (κ2) is 6.63. The van der Waals surface area contributed by atoms with Crippen molar-refractivity contribution >= 4 is 28.7 Å². The van der Waals surface area contributed by atoms with Crippen LogP contribution in [0.2, 0.25) is 4.34 Å². The number of Topliss-reactive ketones (excluding diaryl/α,β-unsaturated/α-hetero) is 1. The minimum atomic E-state index is -0.526. The number of thiophene rings is 1. The molecule has 4 heteroatoms. The molecule has 0 aliphatic carbocycles. The first-order chi connectivity index (χ1) is 9.86. The van der Waals surface area contributed by atoms with E-state index in [0.29, 0.717) is 15.1 Å². The molecular weight excluding hydrogens is 304 g/mol. The van der Waals surface area contributed by atoms with Gasteiger partial charge in [-0.25, -0.2) is 0 Å². The number of aryl methyl sites for hydroxylation is 1. The third-order valence-electron chi connectivity index (χ3n) is 3.24. The Morgan fingerprint density at radius 2 is 1.90 bits per heavy atom. The SMILES string of the molecule is Cc1cc(OC(C)C(=O)c2ccc(Cl)s2)cc(C(C)C)c1. The van der Waals surface area contributed by atoms with E-state index in [1.807, 2.05) is 19.1 Å². The predicted octanol–water partition coefficient (Wildman–Crippen LogP) is 5.48. The van der Waals surface area contributed by atoms with Gasteiger partial charge in [-0.1, -0.05) is 31.5 Å². The molecular formula is C17H19ClO2S. The zero-order chi connectivity index (χ0) is 15.6. The largest absolute Gasteiger partial charge is 0.483 e. The summed E-state index contributed by atoms with van der Waals surface area (Å²) in [4.78, 5) is 12.9. The summed E-state index contributed by atoms with van der Waals surface area (Å²) in [6.45, 7) is 8.08. The van der Waals surface area contributed by atoms with E-state index in [4.69, 9.17) is 16.3 Å². The highest BCUT2D eigenvalue weighted by atomic mass is 35.5. The molecule has 0 N–H and O–H groups in total. The number of ether oxygens (including phenoxy) is 1. The van der Waals surface area contributed by atoms with Crippen LogP contribution in [0.4, 0.5) is 0 Å². The van der Waals surface area contributed by atoms with Crippen molar-refractivity contribution in [3.8, 4) is 5.75 Å². The fraction of sp³-hybridized carbons (Fsp3) is 0.353. The van der Waals surface area contributed by atoms with Crippen molar-refractivity contribution in [2.75, 3.05) is 0 Å². The van der Waals surface area contributed by atoms with E-state index in [9.17, 15) is 4.79 Å². The van der Waals surface area contributed by atoms with Crippen LogP contribution in [0.25, 0.3) is 0 Å². The van der Waals surface area contributed by atoms with E-state index < -0.39 is 6.10 Å². The number of hydrogen-bond acceptors (Lipinski definition) is 3. The number of carbonyl (C=O) groups is 1. The molecule has 1 heterocycles. The van der Waals surface area contributed by atoms with E-state index in [1.165, 1.54) is 16.9 Å². The van der Waals surface area contributed by atoms with Gasteiger partial charge in [-0.15, -0.1) is 11.3 Å². The molecule has 1 atom stereocenters. The minimum absolute atomic E-state index is 0.0421. The molecule has 0 fully saturated rings. The molecule has 0 bridgehead atoms. The van der Waals surface area contributed by atoms with Gasteiger partial charge < -0.3 is 4.74 Å². The fourth-order valence-corrected chi connectivity index (χ4v) is 3.14. The molecule has 2 nitrogen and oxygen atoms in total. The third-order valence-corrected chi connectivity index (χ3v) is 4.48. The van der Waals surface area contributed by atoms with Crippen molar-refractivity contribution in [3.63, 3.8) is 0 Å². The first kappa shape index (κ1) is 16.1. The summed E-state index contributed by atoms with van der Waals surface area (Å²) in [5.41, 5.74) is 2.35. The highest BCUT2D eigenvalue weighted by molar-refractivity contribution is 7.18. The zero-order valence-electron chi connectivity index (χ0n) is 12.6. The summed E-state index contributed by atoms with van der Waals surface area (Å²) < 4.78 is 6.44. The van der Waals surface area contributed by atoms with Gasteiger partial charge in [0.15, 0.2) is 6.10 Å². The molecule has 0 saturated carbocycles. The highest BCUT2D eigenvalue weighted by Gasteiger charge is 2.19. The van der Waals surface area contributed by atoms with E-state index in [1.54, 1.807) is 19.1 Å². The quantitative estimate of drug-likeness (QED) is 0.681. The van der Waals surface area contributed by atoms with E-state index >= 15 is 0 Å². The predicted molar refractivity (Wildman–Crippen MR) is 89.0 cm³/mol. The van der Waals surface area contributed by atoms with E-state index in [2.05, 4.69) is 19.9 Å². The molecule has 112 valence electrons. The highest BCUT2D eigenvalue weighted by Crippen LogP contribution is 2.26. The molecule has 2 aromatic rings. The van der Waals surface area contributed by atoms with Crippen molar-refractivity contribution in [2.24, 2.45) is 0 Å². The van der Waals surface area contributed by atoms with Gasteiger partial charge in [-0.2, -0.15) is 0 Å². The van der Waals surface area contributed by atoms with Crippen LogP contribution < -0.4 is 4.74 Å². The second-order valence-corrected chi connectivity index (χ2v) is 7.18. The van der Waals surface area contributed by atoms with Crippen LogP contribution in [0.15, 0.2) is 30.3 Å². The lowest BCUT2D eigenvalue weighted by Crippen LogP contribution is -2.23. The van der Waals surface area contributed by atoms with Crippen molar-refractivity contribution in [1.82, 2.24) is 0 Å². The molecule has 0 aliphatic rings. The molecule has 1 aromatic carbocycles. The molecule has 2 rings (SSSR count). The van der Waals surface area contributed by atoms with Crippen LogP contribution in [-0.2, 0) is 0 Å². The van der Waals surface area contributed by atoms with Crippen LogP contribution in [0.1, 0.15) is 47.5 Å². The van der Waals surface area contributed by atoms with Crippen LogP contribution in [-0.4, -0.2) is 11.9 Å². The molecule has 0 amide bonds. The minimum Gasteiger partial charge on any atom is -0.483 e. The number of halogens is 1. The van der Waals surface area contributed by atoms with Gasteiger partial charge in [0.25, 0.3) is 0 Å². The molecule has 21 heavy (non-hydrogen) atoms. The zero-order valence-corrected chi connectivity index (χ0v) is 14.2. The molecule has 1 unspecified atom stereocenters. The van der Waals surface area contributed by atoms with Gasteiger partial charge in [0.1, 0.15) is 5.75 Å². The Morgan fingerprint density at radius 1 is 1.19 bits per heavy atom. The lowest BCUT2D eigenvalue weighted by Gasteiger charge is -2.15. The summed E-state index contributed by atoms with van der Waals surface area (Å²) in [5, 5.41) is 0. The first-order valence-corrected chi connectivity index (χ1v) is 8.14. The smallest absolute Gasteiger partial charge is 0.212 e. The Kier molecular flexibility index (Phi) is 5.07. The maximum atomic E-state index is 12.3. The summed E-state index contributed by atoms with van der Waals surface area (Å²) >= 11 is 7.15. The molecule has 0 radical (unpaired) electrons.